The predicted molar refractivity (Wildman–Crippen MR) is 78.9 cm³/mol. The molecule has 4 atom stereocenters. The molecule has 6 nitrogen and oxygen atoms in total. The molecule has 1 rings (SSSR count). The van der Waals surface area contributed by atoms with Crippen molar-refractivity contribution in [1.82, 2.24) is 0 Å². The zero-order chi connectivity index (χ0) is 16.5. The minimum atomic E-state index is -0.730. The van der Waals surface area contributed by atoms with Crippen LogP contribution in [-0.4, -0.2) is 42.6 Å². The largest absolute Gasteiger partial charge is 0.469 e. The van der Waals surface area contributed by atoms with Crippen LogP contribution >= 0.6 is 0 Å². The molecule has 0 aliphatic heterocycles. The number of carbonyl (C=O) groups is 3. The fourth-order valence-corrected chi connectivity index (χ4v) is 3.13. The lowest BCUT2D eigenvalue weighted by atomic mass is 9.89. The fraction of sp³-hybridized carbons (Fsp3) is 0.812. The van der Waals surface area contributed by atoms with Gasteiger partial charge in [0, 0.05) is 31.6 Å². The van der Waals surface area contributed by atoms with Crippen LogP contribution in [0.15, 0.2) is 0 Å². The lowest BCUT2D eigenvalue weighted by Gasteiger charge is -2.21. The molecule has 0 aromatic heterocycles. The van der Waals surface area contributed by atoms with E-state index >= 15 is 0 Å². The maximum atomic E-state index is 11.2. The molecule has 126 valence electrons. The number of aldehydes is 1. The molecule has 0 amide bonds. The van der Waals surface area contributed by atoms with Crippen LogP contribution < -0.4 is 0 Å². The SMILES string of the molecule is COC(=O)CCCCCCC1C(OC(C)=O)CC(O)C1C=O. The van der Waals surface area contributed by atoms with Crippen molar-refractivity contribution in [2.45, 2.75) is 64.1 Å². The lowest BCUT2D eigenvalue weighted by molar-refractivity contribution is -0.149. The van der Waals surface area contributed by atoms with Crippen molar-refractivity contribution in [3.05, 3.63) is 0 Å². The van der Waals surface area contributed by atoms with E-state index in [1.807, 2.05) is 0 Å². The van der Waals surface area contributed by atoms with Gasteiger partial charge in [0.15, 0.2) is 0 Å². The molecule has 1 aliphatic rings. The Hall–Kier alpha value is -1.43. The zero-order valence-corrected chi connectivity index (χ0v) is 13.3. The molecule has 1 aliphatic carbocycles. The average Bonchev–Trinajstić information content (AvgIpc) is 2.76. The number of hydrogen-bond acceptors (Lipinski definition) is 6. The van der Waals surface area contributed by atoms with Crippen LogP contribution in [0, 0.1) is 11.8 Å². The molecule has 0 bridgehead atoms. The van der Waals surface area contributed by atoms with Crippen LogP contribution in [-0.2, 0) is 23.9 Å². The molecule has 4 unspecified atom stereocenters. The highest BCUT2D eigenvalue weighted by Gasteiger charge is 2.43. The maximum Gasteiger partial charge on any atom is 0.305 e. The first-order chi connectivity index (χ1) is 10.5. The van der Waals surface area contributed by atoms with Gasteiger partial charge in [-0.1, -0.05) is 19.3 Å². The van der Waals surface area contributed by atoms with E-state index in [4.69, 9.17) is 4.74 Å². The highest BCUT2D eigenvalue weighted by molar-refractivity contribution is 5.69. The number of rotatable bonds is 9. The molecule has 0 aromatic carbocycles. The summed E-state index contributed by atoms with van der Waals surface area (Å²) in [5, 5.41) is 9.90. The first kappa shape index (κ1) is 18.6. The highest BCUT2D eigenvalue weighted by Crippen LogP contribution is 2.37. The second-order valence-corrected chi connectivity index (χ2v) is 5.86. The van der Waals surface area contributed by atoms with Gasteiger partial charge in [-0.3, -0.25) is 9.59 Å². The van der Waals surface area contributed by atoms with Gasteiger partial charge in [-0.2, -0.15) is 0 Å². The molecule has 0 heterocycles. The van der Waals surface area contributed by atoms with Crippen LogP contribution in [0.3, 0.4) is 0 Å². The molecular formula is C16H26O6. The van der Waals surface area contributed by atoms with Crippen molar-refractivity contribution < 1.29 is 29.0 Å². The van der Waals surface area contributed by atoms with Crippen LogP contribution in [0.25, 0.3) is 0 Å². The van der Waals surface area contributed by atoms with E-state index in [1.54, 1.807) is 0 Å². The standard InChI is InChI=1S/C16H26O6/c1-11(18)22-15-9-14(19)13(10-17)12(15)7-5-3-4-6-8-16(20)21-2/h10,12-15,19H,3-9H2,1-2H3. The van der Waals surface area contributed by atoms with E-state index in [2.05, 4.69) is 4.74 Å². The minimum Gasteiger partial charge on any atom is -0.469 e. The lowest BCUT2D eigenvalue weighted by Crippen LogP contribution is -2.26. The topological polar surface area (TPSA) is 89.9 Å². The molecule has 0 aromatic rings. The van der Waals surface area contributed by atoms with Crippen molar-refractivity contribution in [2.75, 3.05) is 7.11 Å². The Bertz CT molecular complexity index is 381. The van der Waals surface area contributed by atoms with Gasteiger partial charge < -0.3 is 19.4 Å². The molecule has 1 saturated carbocycles. The van der Waals surface area contributed by atoms with Gasteiger partial charge in [-0.15, -0.1) is 0 Å². The van der Waals surface area contributed by atoms with Crippen molar-refractivity contribution in [1.29, 1.82) is 0 Å². The van der Waals surface area contributed by atoms with E-state index < -0.39 is 12.0 Å². The second kappa shape index (κ2) is 9.56. The number of carbonyl (C=O) groups excluding carboxylic acids is 3. The summed E-state index contributed by atoms with van der Waals surface area (Å²) >= 11 is 0. The monoisotopic (exact) mass is 314 g/mol. The summed E-state index contributed by atoms with van der Waals surface area (Å²) in [6, 6.07) is 0. The molecule has 0 radical (unpaired) electrons. The molecule has 22 heavy (non-hydrogen) atoms. The number of ether oxygens (including phenoxy) is 2. The third-order valence-corrected chi connectivity index (χ3v) is 4.26. The van der Waals surface area contributed by atoms with Crippen molar-refractivity contribution in [3.63, 3.8) is 0 Å². The van der Waals surface area contributed by atoms with Crippen molar-refractivity contribution in [3.8, 4) is 0 Å². The van der Waals surface area contributed by atoms with Gasteiger partial charge >= 0.3 is 11.9 Å². The van der Waals surface area contributed by atoms with Gasteiger partial charge in [0.05, 0.1) is 13.2 Å². The first-order valence-corrected chi connectivity index (χ1v) is 7.87. The van der Waals surface area contributed by atoms with E-state index in [-0.39, 0.29) is 24.0 Å². The number of hydrogen-bond donors (Lipinski definition) is 1. The van der Waals surface area contributed by atoms with E-state index in [0.717, 1.165) is 38.4 Å². The minimum absolute atomic E-state index is 0.114. The van der Waals surface area contributed by atoms with E-state index in [1.165, 1.54) is 14.0 Å². The number of esters is 2. The van der Waals surface area contributed by atoms with Gasteiger partial charge in [0.2, 0.25) is 0 Å². The second-order valence-electron chi connectivity index (χ2n) is 5.86. The number of methoxy groups -OCH3 is 1. The Balaban J connectivity index is 2.34. The first-order valence-electron chi connectivity index (χ1n) is 7.87. The summed E-state index contributed by atoms with van der Waals surface area (Å²) in [7, 11) is 1.38. The Morgan fingerprint density at radius 1 is 1.23 bits per heavy atom. The van der Waals surface area contributed by atoms with Crippen molar-refractivity contribution in [2.24, 2.45) is 11.8 Å². The van der Waals surface area contributed by atoms with Crippen molar-refractivity contribution >= 4 is 18.2 Å². The van der Waals surface area contributed by atoms with E-state index in [9.17, 15) is 19.5 Å². The number of aliphatic hydroxyl groups excluding tert-OH is 1. The summed E-state index contributed by atoms with van der Waals surface area (Å²) in [6.07, 6.45) is 4.65. The Labute approximate surface area is 131 Å². The van der Waals surface area contributed by atoms with Gasteiger partial charge in [-0.05, 0) is 12.8 Å². The molecule has 0 spiro atoms. The smallest absolute Gasteiger partial charge is 0.305 e. The quantitative estimate of drug-likeness (QED) is 0.395. The molecular weight excluding hydrogens is 288 g/mol. The van der Waals surface area contributed by atoms with Crippen LogP contribution in [0.1, 0.15) is 51.9 Å². The molecule has 0 saturated heterocycles. The highest BCUT2D eigenvalue weighted by atomic mass is 16.5. The van der Waals surface area contributed by atoms with Gasteiger partial charge in [0.1, 0.15) is 12.4 Å². The number of unbranched alkanes of at least 4 members (excludes halogenated alkanes) is 3. The van der Waals surface area contributed by atoms with E-state index in [0.29, 0.717) is 12.8 Å². The molecule has 1 fully saturated rings. The Morgan fingerprint density at radius 3 is 2.50 bits per heavy atom. The van der Waals surface area contributed by atoms with Crippen LogP contribution in [0.5, 0.6) is 0 Å². The van der Waals surface area contributed by atoms with Crippen LogP contribution in [0.4, 0.5) is 0 Å². The van der Waals surface area contributed by atoms with Gasteiger partial charge in [0.25, 0.3) is 0 Å². The maximum absolute atomic E-state index is 11.2. The summed E-state index contributed by atoms with van der Waals surface area (Å²) in [5.41, 5.74) is 0. The Morgan fingerprint density at radius 2 is 1.91 bits per heavy atom. The summed E-state index contributed by atoms with van der Waals surface area (Å²) in [6.45, 7) is 1.34. The Kier molecular flexibility index (Phi) is 8.09. The third-order valence-electron chi connectivity index (χ3n) is 4.26. The van der Waals surface area contributed by atoms with Crippen LogP contribution in [0.2, 0.25) is 0 Å². The summed E-state index contributed by atoms with van der Waals surface area (Å²) in [4.78, 5) is 33.2. The van der Waals surface area contributed by atoms with Gasteiger partial charge in [-0.25, -0.2) is 0 Å². The summed E-state index contributed by atoms with van der Waals surface area (Å²) < 4.78 is 9.81. The molecule has 1 N–H and O–H groups in total. The zero-order valence-electron chi connectivity index (χ0n) is 13.3. The fourth-order valence-electron chi connectivity index (χ4n) is 3.13. The predicted octanol–water partition coefficient (Wildman–Crippen LogP) is 1.63. The molecule has 6 heteroatoms. The summed E-state index contributed by atoms with van der Waals surface area (Å²) in [5.74, 6) is -1.15. The normalized spacial score (nSPS) is 27.4. The number of aliphatic hydroxyl groups is 1. The average molecular weight is 314 g/mol. The third kappa shape index (κ3) is 5.75.